The fraction of sp³-hybridized carbons (Fsp3) is 1.00. The van der Waals surface area contributed by atoms with Crippen LogP contribution in [0.4, 0.5) is 0 Å². The van der Waals surface area contributed by atoms with Gasteiger partial charge in [0.15, 0.2) is 0 Å². The Morgan fingerprint density at radius 3 is 1.33 bits per heavy atom. The van der Waals surface area contributed by atoms with Gasteiger partial charge in [-0.3, -0.25) is 0 Å². The molecule has 0 amide bonds. The Labute approximate surface area is 56.7 Å². The molecule has 0 spiro atoms. The first-order chi connectivity index (χ1) is 4.24. The van der Waals surface area contributed by atoms with Crippen molar-refractivity contribution in [3.63, 3.8) is 0 Å². The van der Waals surface area contributed by atoms with Crippen molar-refractivity contribution in [1.82, 2.24) is 0 Å². The van der Waals surface area contributed by atoms with Gasteiger partial charge in [-0.1, -0.05) is 0 Å². The van der Waals surface area contributed by atoms with Gasteiger partial charge < -0.3 is 0 Å². The third-order valence-electron chi connectivity index (χ3n) is 1.63. The summed E-state index contributed by atoms with van der Waals surface area (Å²) < 4.78 is 0. The summed E-state index contributed by atoms with van der Waals surface area (Å²) >= 11 is 0. The van der Waals surface area contributed by atoms with Crippen molar-refractivity contribution in [2.75, 3.05) is 27.3 Å². The predicted octanol–water partition coefficient (Wildman–Crippen LogP) is 0.966. The molecule has 0 aromatic heterocycles. The second-order valence-corrected chi connectivity index (χ2v) is 1.81. The highest BCUT2D eigenvalue weighted by Gasteiger charge is 2.23. The minimum atomic E-state index is 0.278. The molecule has 0 radical (unpaired) electrons. The molecule has 0 atom stereocenters. The molecule has 9 heavy (non-hydrogen) atoms. The van der Waals surface area contributed by atoms with Gasteiger partial charge in [-0.2, -0.15) is 9.68 Å². The number of rotatable bonds is 4. The highest BCUT2D eigenvalue weighted by Crippen LogP contribution is 2.04. The van der Waals surface area contributed by atoms with E-state index in [0.29, 0.717) is 0 Å². The Morgan fingerprint density at radius 1 is 1.00 bits per heavy atom. The molecule has 0 aliphatic heterocycles. The van der Waals surface area contributed by atoms with Crippen molar-refractivity contribution in [3.8, 4) is 0 Å². The van der Waals surface area contributed by atoms with E-state index in [1.165, 1.54) is 0 Å². The van der Waals surface area contributed by atoms with Gasteiger partial charge in [0.25, 0.3) is 0 Å². The van der Waals surface area contributed by atoms with Crippen LogP contribution in [0.5, 0.6) is 0 Å². The van der Waals surface area contributed by atoms with Gasteiger partial charge in [0.05, 0.1) is 14.2 Å². The summed E-state index contributed by atoms with van der Waals surface area (Å²) in [7, 11) is 3.30. The van der Waals surface area contributed by atoms with Gasteiger partial charge in [-0.25, -0.2) is 0 Å². The molecule has 0 fully saturated rings. The Balaban J connectivity index is 3.82. The van der Waals surface area contributed by atoms with Gasteiger partial charge in [0.2, 0.25) is 0 Å². The molecule has 0 bridgehead atoms. The fourth-order valence-electron chi connectivity index (χ4n) is 0.815. The molecule has 0 saturated carbocycles. The molecule has 0 rings (SSSR count). The second kappa shape index (κ2) is 3.82. The van der Waals surface area contributed by atoms with E-state index < -0.39 is 0 Å². The first kappa shape index (κ1) is 8.88. The number of hydrogen-bond donors (Lipinski definition) is 0. The molecule has 0 heterocycles. The standard InChI is InChI=1S/C6H16NO2/c1-5-7(6-2,8-3)9-4/h5-6H2,1-4H3/q+1. The monoisotopic (exact) mass is 134 g/mol. The lowest BCUT2D eigenvalue weighted by molar-refractivity contribution is -1.24. The van der Waals surface area contributed by atoms with Gasteiger partial charge >= 0.3 is 0 Å². The molecular weight excluding hydrogens is 118 g/mol. The van der Waals surface area contributed by atoms with Crippen molar-refractivity contribution in [3.05, 3.63) is 0 Å². The zero-order chi connectivity index (χ0) is 7.33. The Kier molecular flexibility index (Phi) is 3.77. The van der Waals surface area contributed by atoms with Crippen LogP contribution in [0.1, 0.15) is 13.8 Å². The minimum Gasteiger partial charge on any atom is -0.171 e. The second-order valence-electron chi connectivity index (χ2n) is 1.81. The van der Waals surface area contributed by atoms with Crippen LogP contribution in [0.3, 0.4) is 0 Å². The number of quaternary nitrogens is 1. The highest BCUT2D eigenvalue weighted by molar-refractivity contribution is 4.08. The zero-order valence-corrected chi connectivity index (χ0v) is 6.68. The van der Waals surface area contributed by atoms with E-state index in [-0.39, 0.29) is 4.81 Å². The quantitative estimate of drug-likeness (QED) is 0.421. The molecule has 0 aromatic rings. The minimum absolute atomic E-state index is 0.278. The summed E-state index contributed by atoms with van der Waals surface area (Å²) in [4.78, 5) is 10.5. The van der Waals surface area contributed by atoms with Crippen LogP contribution in [-0.4, -0.2) is 32.1 Å². The first-order valence-electron chi connectivity index (χ1n) is 3.23. The maximum Gasteiger partial charge on any atom is 0.139 e. The zero-order valence-electron chi connectivity index (χ0n) is 6.68. The molecule has 3 heteroatoms. The Bertz CT molecular complexity index is 53.9. The topological polar surface area (TPSA) is 18.5 Å². The lowest BCUT2D eigenvalue weighted by Gasteiger charge is -2.26. The molecule has 56 valence electrons. The van der Waals surface area contributed by atoms with Gasteiger partial charge in [-0.15, -0.1) is 0 Å². The molecule has 0 aromatic carbocycles. The van der Waals surface area contributed by atoms with Gasteiger partial charge in [0, 0.05) is 0 Å². The lowest BCUT2D eigenvalue weighted by atomic mass is 10.6. The normalized spacial score (nSPS) is 12.0. The third kappa shape index (κ3) is 1.93. The van der Waals surface area contributed by atoms with Crippen LogP contribution in [0.15, 0.2) is 0 Å². The molecular formula is C6H16NO2+. The van der Waals surface area contributed by atoms with Crippen molar-refractivity contribution in [2.24, 2.45) is 0 Å². The van der Waals surface area contributed by atoms with Crippen LogP contribution in [0, 0.1) is 0 Å². The molecule has 0 saturated heterocycles. The van der Waals surface area contributed by atoms with Crippen LogP contribution >= 0.6 is 0 Å². The van der Waals surface area contributed by atoms with E-state index >= 15 is 0 Å². The summed E-state index contributed by atoms with van der Waals surface area (Å²) in [5.74, 6) is 0. The Morgan fingerprint density at radius 2 is 1.33 bits per heavy atom. The average Bonchev–Trinajstić information content (AvgIpc) is 1.95. The first-order valence-corrected chi connectivity index (χ1v) is 3.23. The molecule has 3 nitrogen and oxygen atoms in total. The fourth-order valence-corrected chi connectivity index (χ4v) is 0.815. The summed E-state index contributed by atoms with van der Waals surface area (Å²) in [5, 5.41) is 0. The average molecular weight is 134 g/mol. The summed E-state index contributed by atoms with van der Waals surface area (Å²) in [6.07, 6.45) is 0. The molecule has 0 unspecified atom stereocenters. The van der Waals surface area contributed by atoms with E-state index in [2.05, 4.69) is 0 Å². The smallest absolute Gasteiger partial charge is 0.139 e. The van der Waals surface area contributed by atoms with Crippen LogP contribution in [-0.2, 0) is 9.68 Å². The van der Waals surface area contributed by atoms with Crippen molar-refractivity contribution in [1.29, 1.82) is 0 Å². The van der Waals surface area contributed by atoms with Gasteiger partial charge in [0.1, 0.15) is 13.1 Å². The largest absolute Gasteiger partial charge is 0.171 e. The van der Waals surface area contributed by atoms with E-state index in [9.17, 15) is 0 Å². The summed E-state index contributed by atoms with van der Waals surface area (Å²) in [6.45, 7) is 5.72. The van der Waals surface area contributed by atoms with E-state index in [0.717, 1.165) is 13.1 Å². The lowest BCUT2D eigenvalue weighted by Crippen LogP contribution is -2.45. The van der Waals surface area contributed by atoms with E-state index in [4.69, 9.17) is 9.68 Å². The molecule has 0 aliphatic rings. The van der Waals surface area contributed by atoms with Crippen LogP contribution < -0.4 is 0 Å². The van der Waals surface area contributed by atoms with Crippen molar-refractivity contribution >= 4 is 0 Å². The molecule has 0 aliphatic carbocycles. The molecule has 0 N–H and O–H groups in total. The third-order valence-corrected chi connectivity index (χ3v) is 1.63. The summed E-state index contributed by atoms with van der Waals surface area (Å²) in [6, 6.07) is 0. The van der Waals surface area contributed by atoms with Gasteiger partial charge in [-0.05, 0) is 18.7 Å². The number of nitrogens with zero attached hydrogens (tertiary/aromatic N) is 1. The van der Waals surface area contributed by atoms with Crippen molar-refractivity contribution in [2.45, 2.75) is 13.8 Å². The van der Waals surface area contributed by atoms with Crippen LogP contribution in [0.25, 0.3) is 0 Å². The van der Waals surface area contributed by atoms with Crippen LogP contribution in [0.2, 0.25) is 0 Å². The van der Waals surface area contributed by atoms with Crippen molar-refractivity contribution < 1.29 is 14.5 Å². The SMILES string of the molecule is CC[N+](CC)(OC)OC. The maximum absolute atomic E-state index is 5.10. The van der Waals surface area contributed by atoms with E-state index in [1.807, 2.05) is 13.8 Å². The number of hydrogen-bond acceptors (Lipinski definition) is 2. The number of hydroxylamine groups is 4. The maximum atomic E-state index is 5.10. The predicted molar refractivity (Wildman–Crippen MR) is 35.4 cm³/mol. The summed E-state index contributed by atoms with van der Waals surface area (Å²) in [5.41, 5.74) is 0. The Hall–Kier alpha value is -0.120. The highest BCUT2D eigenvalue weighted by atomic mass is 17.0. The van der Waals surface area contributed by atoms with E-state index in [1.54, 1.807) is 14.2 Å².